The van der Waals surface area contributed by atoms with Crippen LogP contribution in [0.2, 0.25) is 0 Å². The van der Waals surface area contributed by atoms with Gasteiger partial charge in [-0.15, -0.1) is 15.3 Å². The maximum Gasteiger partial charge on any atom is 0.394 e. The summed E-state index contributed by atoms with van der Waals surface area (Å²) in [6.45, 7) is 3.65. The summed E-state index contributed by atoms with van der Waals surface area (Å²) in [7, 11) is -4.62. The molecule has 0 aliphatic carbocycles. The Morgan fingerprint density at radius 3 is 1.78 bits per heavy atom. The molecule has 7 aromatic rings. The van der Waals surface area contributed by atoms with E-state index in [1.165, 1.54) is 30.3 Å². The van der Waals surface area contributed by atoms with Crippen LogP contribution in [0.25, 0.3) is 32.7 Å². The van der Waals surface area contributed by atoms with Crippen LogP contribution < -0.4 is 5.32 Å². The number of carbonyl (C=O) groups excluding carboxylic acids is 1. The smallest absolute Gasteiger partial charge is 0.394 e. The number of carboxylic acid groups (broad SMARTS) is 1. The van der Waals surface area contributed by atoms with Crippen molar-refractivity contribution in [3.05, 3.63) is 132 Å². The van der Waals surface area contributed by atoms with Gasteiger partial charge in [0.15, 0.2) is 5.75 Å². The highest BCUT2D eigenvalue weighted by atomic mass is 32.2. The first kappa shape index (κ1) is 38.6. The third kappa shape index (κ3) is 8.13. The summed E-state index contributed by atoms with van der Waals surface area (Å²) >= 11 is 0. The van der Waals surface area contributed by atoms with Crippen LogP contribution in [0.1, 0.15) is 11.1 Å². The van der Waals surface area contributed by atoms with Crippen LogP contribution >= 0.6 is 0 Å². The summed E-state index contributed by atoms with van der Waals surface area (Å²) in [5, 5.41) is 60.1. The Morgan fingerprint density at radius 2 is 1.16 bits per heavy atom. The van der Waals surface area contributed by atoms with Crippen molar-refractivity contribution >= 4 is 83.4 Å². The van der Waals surface area contributed by atoms with Crippen molar-refractivity contribution in [3.63, 3.8) is 0 Å². The van der Waals surface area contributed by atoms with Gasteiger partial charge in [-0.1, -0.05) is 66.7 Å². The standard InChI is InChI=1S/C42H31N7O8S/c1-23-19-26(27-12-16-33(24(2)20-27)46-48-36-22-38(58(55,56)57)30-9-5-6-10-31(30)40(36)51)11-15-32(23)45-47-34-17-14-28(21-35(34)43-41(52)42(53)54)44-49-39-29-8-4-3-7-25(29)13-18-37(39)50/h3-22,50-51H,1-2H3,(H,43,52)(H,53,54)(H,55,56,57). The van der Waals surface area contributed by atoms with E-state index in [-0.39, 0.29) is 50.7 Å². The average Bonchev–Trinajstić information content (AvgIpc) is 3.20. The number of carboxylic acids is 1. The highest BCUT2D eigenvalue weighted by molar-refractivity contribution is 7.86. The molecule has 0 fully saturated rings. The molecule has 58 heavy (non-hydrogen) atoms. The van der Waals surface area contributed by atoms with Gasteiger partial charge in [0.05, 0.1) is 22.7 Å². The van der Waals surface area contributed by atoms with Gasteiger partial charge < -0.3 is 20.6 Å². The number of benzene rings is 7. The zero-order chi connectivity index (χ0) is 41.1. The average molecular weight is 794 g/mol. The summed E-state index contributed by atoms with van der Waals surface area (Å²) in [5.41, 5.74) is 4.63. The molecule has 5 N–H and O–H groups in total. The number of amides is 1. The molecule has 0 aromatic heterocycles. The number of phenols is 2. The van der Waals surface area contributed by atoms with Crippen molar-refractivity contribution in [2.45, 2.75) is 18.7 Å². The van der Waals surface area contributed by atoms with Crippen molar-refractivity contribution < 1.29 is 37.9 Å². The third-order valence-electron chi connectivity index (χ3n) is 9.06. The fourth-order valence-electron chi connectivity index (χ4n) is 6.12. The molecule has 7 rings (SSSR count). The number of rotatable bonds is 9. The Kier molecular flexibility index (Phi) is 10.5. The van der Waals surface area contributed by atoms with Gasteiger partial charge in [0.1, 0.15) is 27.7 Å². The molecule has 0 aliphatic heterocycles. The number of anilines is 1. The second-order valence-corrected chi connectivity index (χ2v) is 14.4. The van der Waals surface area contributed by atoms with Gasteiger partial charge in [0.25, 0.3) is 10.1 Å². The van der Waals surface area contributed by atoms with E-state index in [2.05, 4.69) is 36.0 Å². The van der Waals surface area contributed by atoms with Crippen molar-refractivity contribution in [1.29, 1.82) is 0 Å². The first-order valence-electron chi connectivity index (χ1n) is 17.3. The Hall–Kier alpha value is -7.69. The van der Waals surface area contributed by atoms with E-state index in [1.807, 2.05) is 50.2 Å². The van der Waals surface area contributed by atoms with E-state index in [0.717, 1.165) is 33.7 Å². The minimum atomic E-state index is -4.62. The largest absolute Gasteiger partial charge is 0.506 e. The van der Waals surface area contributed by atoms with E-state index in [9.17, 15) is 37.9 Å². The number of aryl methyl sites for hydroxylation is 2. The number of carbonyl (C=O) groups is 2. The monoisotopic (exact) mass is 793 g/mol. The quantitative estimate of drug-likeness (QED) is 0.0534. The molecule has 288 valence electrons. The Balaban J connectivity index is 1.12. The van der Waals surface area contributed by atoms with Gasteiger partial charge in [-0.3, -0.25) is 9.35 Å². The molecule has 0 saturated carbocycles. The first-order chi connectivity index (χ1) is 27.8. The molecule has 0 atom stereocenters. The molecule has 1 amide bonds. The minimum absolute atomic E-state index is 0.0198. The second-order valence-electron chi connectivity index (χ2n) is 13.0. The Morgan fingerprint density at radius 1 is 0.586 bits per heavy atom. The number of azo groups is 3. The summed E-state index contributed by atoms with van der Waals surface area (Å²) in [4.78, 5) is 23.2. The Bertz CT molecular complexity index is 3020. The van der Waals surface area contributed by atoms with Gasteiger partial charge in [-0.25, -0.2) is 4.79 Å². The SMILES string of the molecule is Cc1cc(-c2ccc(N=Nc3cc(S(=O)(=O)O)c4ccccc4c3O)c(C)c2)ccc1N=Nc1ccc(N=Nc2c(O)ccc3ccccc23)cc1NC(=O)C(=O)O. The van der Waals surface area contributed by atoms with Gasteiger partial charge in [0.2, 0.25) is 0 Å². The highest BCUT2D eigenvalue weighted by Gasteiger charge is 2.20. The number of aliphatic carboxylic acids is 1. The molecule has 7 aromatic carbocycles. The molecule has 0 saturated heterocycles. The first-order valence-corrected chi connectivity index (χ1v) is 18.8. The fourth-order valence-corrected chi connectivity index (χ4v) is 6.83. The van der Waals surface area contributed by atoms with Crippen molar-refractivity contribution in [1.82, 2.24) is 0 Å². The molecule has 16 heteroatoms. The lowest BCUT2D eigenvalue weighted by Crippen LogP contribution is -2.21. The van der Waals surface area contributed by atoms with Crippen molar-refractivity contribution in [2.24, 2.45) is 30.7 Å². The predicted octanol–water partition coefficient (Wildman–Crippen LogP) is 11.2. The summed E-state index contributed by atoms with van der Waals surface area (Å²) in [6.07, 6.45) is 0. The lowest BCUT2D eigenvalue weighted by atomic mass is 10.0. The molecule has 0 aliphatic rings. The second kappa shape index (κ2) is 15.8. The van der Waals surface area contributed by atoms with E-state index >= 15 is 0 Å². The normalized spacial score (nSPS) is 12.0. The van der Waals surface area contributed by atoms with E-state index in [4.69, 9.17) is 0 Å². The molecule has 0 heterocycles. The van der Waals surface area contributed by atoms with Gasteiger partial charge in [0, 0.05) is 16.2 Å². The maximum absolute atomic E-state index is 12.2. The number of aromatic hydroxyl groups is 2. The van der Waals surface area contributed by atoms with Crippen molar-refractivity contribution in [2.75, 3.05) is 5.32 Å². The maximum atomic E-state index is 12.2. The van der Waals surface area contributed by atoms with Crippen LogP contribution in [0.4, 0.5) is 39.8 Å². The zero-order valence-corrected chi connectivity index (χ0v) is 31.4. The molecule has 0 bridgehead atoms. The molecular formula is C42H31N7O8S. The van der Waals surface area contributed by atoms with Gasteiger partial charge >= 0.3 is 11.9 Å². The number of nitrogens with zero attached hydrogens (tertiary/aromatic N) is 6. The fraction of sp³-hybridized carbons (Fsp3) is 0.0476. The highest BCUT2D eigenvalue weighted by Crippen LogP contribution is 2.41. The summed E-state index contributed by atoms with van der Waals surface area (Å²) in [6, 6.07) is 33.2. The van der Waals surface area contributed by atoms with E-state index < -0.39 is 26.9 Å². The molecule has 0 unspecified atom stereocenters. The van der Waals surface area contributed by atoms with Gasteiger partial charge in [-0.05, 0) is 96.1 Å². The summed E-state index contributed by atoms with van der Waals surface area (Å²) < 4.78 is 34.0. The lowest BCUT2D eigenvalue weighted by Gasteiger charge is -2.09. The molecule has 0 spiro atoms. The summed E-state index contributed by atoms with van der Waals surface area (Å²) in [5.74, 6) is -3.36. The molecule has 0 radical (unpaired) electrons. The number of nitrogens with one attached hydrogen (secondary N) is 1. The van der Waals surface area contributed by atoms with Crippen LogP contribution in [-0.4, -0.2) is 40.2 Å². The van der Waals surface area contributed by atoms with Crippen LogP contribution in [-0.2, 0) is 19.7 Å². The van der Waals surface area contributed by atoms with Gasteiger partial charge in [-0.2, -0.15) is 23.8 Å². The van der Waals surface area contributed by atoms with Crippen LogP contribution in [0, 0.1) is 13.8 Å². The van der Waals surface area contributed by atoms with Crippen LogP contribution in [0.5, 0.6) is 11.5 Å². The van der Waals surface area contributed by atoms with Crippen LogP contribution in [0.3, 0.4) is 0 Å². The van der Waals surface area contributed by atoms with Crippen LogP contribution in [0.15, 0.2) is 157 Å². The zero-order valence-electron chi connectivity index (χ0n) is 30.6. The van der Waals surface area contributed by atoms with E-state index in [0.29, 0.717) is 16.8 Å². The number of fused-ring (bicyclic) bond motifs is 2. The predicted molar refractivity (Wildman–Crippen MR) is 218 cm³/mol. The third-order valence-corrected chi connectivity index (χ3v) is 9.95. The van der Waals surface area contributed by atoms with E-state index in [1.54, 1.807) is 48.5 Å². The number of phenolic OH excluding ortho intramolecular Hbond substituents is 2. The molecule has 15 nitrogen and oxygen atoms in total. The lowest BCUT2D eigenvalue weighted by molar-refractivity contribution is -0.147. The molecular weight excluding hydrogens is 763 g/mol. The minimum Gasteiger partial charge on any atom is -0.506 e. The van der Waals surface area contributed by atoms with Crippen molar-refractivity contribution in [3.8, 4) is 22.6 Å². The topological polar surface area (TPSA) is 235 Å². The number of hydrogen-bond acceptors (Lipinski definition) is 12. The number of hydrogen-bond donors (Lipinski definition) is 5. The Labute approximate surface area is 330 Å².